The summed E-state index contributed by atoms with van der Waals surface area (Å²) in [6.07, 6.45) is 7.30. The minimum atomic E-state index is -3.17. The Morgan fingerprint density at radius 1 is 1.03 bits per heavy atom. The van der Waals surface area contributed by atoms with Gasteiger partial charge in [-0.25, -0.2) is 8.42 Å². The molecule has 2 fully saturated rings. The highest BCUT2D eigenvalue weighted by Gasteiger charge is 2.40. The van der Waals surface area contributed by atoms with E-state index in [2.05, 4.69) is 10.2 Å². The molecule has 0 unspecified atom stereocenters. The first-order valence-electron chi connectivity index (χ1n) is 11.2. The van der Waals surface area contributed by atoms with Gasteiger partial charge in [-0.15, -0.1) is 12.4 Å². The molecule has 1 aliphatic heterocycles. The summed E-state index contributed by atoms with van der Waals surface area (Å²) in [6, 6.07) is 4.91. The van der Waals surface area contributed by atoms with Crippen LogP contribution >= 0.6 is 35.6 Å². The van der Waals surface area contributed by atoms with Crippen molar-refractivity contribution in [2.75, 3.05) is 38.5 Å². The second-order valence-corrected chi connectivity index (χ2v) is 11.6. The zero-order valence-corrected chi connectivity index (χ0v) is 21.8. The van der Waals surface area contributed by atoms with Crippen molar-refractivity contribution >= 4 is 51.5 Å². The molecule has 1 heterocycles. The quantitative estimate of drug-likeness (QED) is 0.527. The van der Waals surface area contributed by atoms with Crippen LogP contribution in [0.3, 0.4) is 0 Å². The van der Waals surface area contributed by atoms with Crippen LogP contribution in [-0.4, -0.2) is 67.5 Å². The van der Waals surface area contributed by atoms with E-state index < -0.39 is 10.0 Å². The molecule has 1 aromatic rings. The van der Waals surface area contributed by atoms with Crippen molar-refractivity contribution in [2.45, 2.75) is 57.4 Å². The molecule has 0 aromatic heterocycles. The van der Waals surface area contributed by atoms with E-state index in [1.54, 1.807) is 22.5 Å². The first-order chi connectivity index (χ1) is 14.8. The van der Waals surface area contributed by atoms with Gasteiger partial charge in [-0.3, -0.25) is 9.69 Å². The maximum atomic E-state index is 12.8. The van der Waals surface area contributed by atoms with Crippen LogP contribution in [0.5, 0.6) is 0 Å². The molecule has 1 saturated carbocycles. The number of rotatable bonds is 7. The number of nitrogens with one attached hydrogen (secondary N) is 1. The second kappa shape index (κ2) is 12.2. The lowest BCUT2D eigenvalue weighted by atomic mass is 9.87. The SMILES string of the molecule is CCCS(=O)(=O)N1CCN(C2(CNC(=O)c3ccc(Cl)c(Cl)c3)CCCCCC2)CC1.Cl. The van der Waals surface area contributed by atoms with E-state index in [0.29, 0.717) is 54.8 Å². The fourth-order valence-electron chi connectivity index (χ4n) is 4.80. The van der Waals surface area contributed by atoms with Crippen LogP contribution < -0.4 is 5.32 Å². The third-order valence-electron chi connectivity index (χ3n) is 6.56. The van der Waals surface area contributed by atoms with Crippen LogP contribution in [0.1, 0.15) is 62.2 Å². The lowest BCUT2D eigenvalue weighted by molar-refractivity contribution is 0.0391. The largest absolute Gasteiger partial charge is 0.350 e. The van der Waals surface area contributed by atoms with Crippen LogP contribution in [0.25, 0.3) is 0 Å². The molecule has 0 bridgehead atoms. The number of hydrogen-bond donors (Lipinski definition) is 1. The van der Waals surface area contributed by atoms with E-state index in [1.807, 2.05) is 6.92 Å². The predicted molar refractivity (Wildman–Crippen MR) is 134 cm³/mol. The van der Waals surface area contributed by atoms with Crippen molar-refractivity contribution in [1.82, 2.24) is 14.5 Å². The molecule has 0 radical (unpaired) electrons. The summed E-state index contributed by atoms with van der Waals surface area (Å²) in [5.74, 6) is 0.0454. The summed E-state index contributed by atoms with van der Waals surface area (Å²) in [7, 11) is -3.17. The topological polar surface area (TPSA) is 69.7 Å². The van der Waals surface area contributed by atoms with Crippen LogP contribution in [0, 0.1) is 0 Å². The van der Waals surface area contributed by atoms with Crippen LogP contribution in [0.15, 0.2) is 18.2 Å². The van der Waals surface area contributed by atoms with Crippen LogP contribution in [-0.2, 0) is 10.0 Å². The van der Waals surface area contributed by atoms with Crippen LogP contribution in [0.2, 0.25) is 10.0 Å². The van der Waals surface area contributed by atoms with Gasteiger partial charge >= 0.3 is 0 Å². The van der Waals surface area contributed by atoms with Crippen molar-refractivity contribution < 1.29 is 13.2 Å². The summed E-state index contributed by atoms with van der Waals surface area (Å²) in [5, 5.41) is 3.92. The molecule has 0 atom stereocenters. The molecule has 3 rings (SSSR count). The summed E-state index contributed by atoms with van der Waals surface area (Å²) in [5.41, 5.74) is 0.358. The smallest absolute Gasteiger partial charge is 0.251 e. The maximum absolute atomic E-state index is 12.8. The lowest BCUT2D eigenvalue weighted by Gasteiger charge is -2.47. The van der Waals surface area contributed by atoms with E-state index in [-0.39, 0.29) is 29.6 Å². The monoisotopic (exact) mass is 525 g/mol. The fourth-order valence-corrected chi connectivity index (χ4v) is 6.60. The Morgan fingerprint density at radius 2 is 1.66 bits per heavy atom. The highest BCUT2D eigenvalue weighted by molar-refractivity contribution is 7.89. The predicted octanol–water partition coefficient (Wildman–Crippen LogP) is 4.60. The average molecular weight is 527 g/mol. The minimum absolute atomic E-state index is 0. The molecule has 182 valence electrons. The molecule has 0 spiro atoms. The third-order valence-corrected chi connectivity index (χ3v) is 9.37. The average Bonchev–Trinajstić information content (AvgIpc) is 3.01. The summed E-state index contributed by atoms with van der Waals surface area (Å²) >= 11 is 12.0. The number of sulfonamides is 1. The number of halogens is 3. The molecule has 1 saturated heterocycles. The highest BCUT2D eigenvalue weighted by Crippen LogP contribution is 2.33. The van der Waals surface area contributed by atoms with Crippen molar-refractivity contribution in [3.63, 3.8) is 0 Å². The second-order valence-electron chi connectivity index (χ2n) is 8.65. The fraction of sp³-hybridized carbons (Fsp3) is 0.682. The van der Waals surface area contributed by atoms with Crippen molar-refractivity contribution in [3.8, 4) is 0 Å². The number of piperazine rings is 1. The molecule has 1 amide bonds. The van der Waals surface area contributed by atoms with Gasteiger partial charge in [-0.05, 0) is 37.5 Å². The Labute approximate surface area is 208 Å². The zero-order valence-electron chi connectivity index (χ0n) is 18.6. The van der Waals surface area contributed by atoms with Gasteiger partial charge in [0, 0.05) is 43.8 Å². The molecule has 32 heavy (non-hydrogen) atoms. The molecule has 2 aliphatic rings. The molecular formula is C22H34Cl3N3O3S. The molecule has 10 heteroatoms. The third kappa shape index (κ3) is 6.73. The number of hydrogen-bond acceptors (Lipinski definition) is 4. The number of nitrogens with zero attached hydrogens (tertiary/aromatic N) is 2. The van der Waals surface area contributed by atoms with Gasteiger partial charge in [0.1, 0.15) is 0 Å². The molecular weight excluding hydrogens is 493 g/mol. The highest BCUT2D eigenvalue weighted by atomic mass is 35.5. The molecule has 1 N–H and O–H groups in total. The standard InChI is InChI=1S/C22H33Cl2N3O3S.ClH/c1-2-15-31(29,30)27-13-11-26(12-14-27)22(9-5-3-4-6-10-22)17-25-21(28)18-7-8-19(23)20(24)16-18;/h7-8,16H,2-6,9-15,17H2,1H3,(H,25,28);1H. The normalized spacial score (nSPS) is 20.2. The first kappa shape index (κ1) is 27.7. The summed E-state index contributed by atoms with van der Waals surface area (Å²) < 4.78 is 26.5. The van der Waals surface area contributed by atoms with Crippen LogP contribution in [0.4, 0.5) is 0 Å². The number of carbonyl (C=O) groups is 1. The van der Waals surface area contributed by atoms with E-state index >= 15 is 0 Å². The van der Waals surface area contributed by atoms with Crippen molar-refractivity contribution in [1.29, 1.82) is 0 Å². The number of amides is 1. The Kier molecular flexibility index (Phi) is 10.6. The Bertz CT molecular complexity index is 866. The van der Waals surface area contributed by atoms with Gasteiger partial charge in [0.2, 0.25) is 10.0 Å². The summed E-state index contributed by atoms with van der Waals surface area (Å²) in [6.45, 7) is 4.88. The van der Waals surface area contributed by atoms with E-state index in [0.717, 1.165) is 25.7 Å². The molecule has 6 nitrogen and oxygen atoms in total. The molecule has 1 aromatic carbocycles. The lowest BCUT2D eigenvalue weighted by Crippen LogP contribution is -2.61. The van der Waals surface area contributed by atoms with E-state index in [9.17, 15) is 13.2 Å². The Hall–Kier alpha value is -0.570. The maximum Gasteiger partial charge on any atom is 0.251 e. The first-order valence-corrected chi connectivity index (χ1v) is 13.6. The number of carbonyl (C=O) groups excluding carboxylic acids is 1. The Balaban J connectivity index is 0.00000363. The van der Waals surface area contributed by atoms with Gasteiger partial charge in [0.15, 0.2) is 0 Å². The van der Waals surface area contributed by atoms with Crippen molar-refractivity contribution in [3.05, 3.63) is 33.8 Å². The summed E-state index contributed by atoms with van der Waals surface area (Å²) in [4.78, 5) is 15.2. The van der Waals surface area contributed by atoms with E-state index in [1.165, 1.54) is 12.8 Å². The van der Waals surface area contributed by atoms with Crippen molar-refractivity contribution in [2.24, 2.45) is 0 Å². The van der Waals surface area contributed by atoms with Gasteiger partial charge in [-0.2, -0.15) is 4.31 Å². The van der Waals surface area contributed by atoms with E-state index in [4.69, 9.17) is 23.2 Å². The van der Waals surface area contributed by atoms with Gasteiger partial charge < -0.3 is 5.32 Å². The van der Waals surface area contributed by atoms with Gasteiger partial charge in [0.05, 0.1) is 15.8 Å². The Morgan fingerprint density at radius 3 is 2.22 bits per heavy atom. The molecule has 1 aliphatic carbocycles. The number of benzene rings is 1. The zero-order chi connectivity index (χ0) is 22.5. The van der Waals surface area contributed by atoms with Gasteiger partial charge in [-0.1, -0.05) is 55.8 Å². The van der Waals surface area contributed by atoms with Gasteiger partial charge in [0.25, 0.3) is 5.91 Å². The minimum Gasteiger partial charge on any atom is -0.350 e.